The van der Waals surface area contributed by atoms with Crippen LogP contribution in [-0.2, 0) is 16.4 Å². The number of hydrogen-bond acceptors (Lipinski definition) is 5. The van der Waals surface area contributed by atoms with Gasteiger partial charge in [0, 0.05) is 30.6 Å². The number of fused-ring (bicyclic) bond motifs is 1. The summed E-state index contributed by atoms with van der Waals surface area (Å²) in [5.74, 6) is 2.59. The largest absolute Gasteiger partial charge is 0.454 e. The average molecular weight is 355 g/mol. The predicted molar refractivity (Wildman–Crippen MR) is 85.6 cm³/mol. The molecule has 0 saturated carbocycles. The van der Waals surface area contributed by atoms with Gasteiger partial charge in [-0.15, -0.1) is 0 Å². The highest BCUT2D eigenvalue weighted by molar-refractivity contribution is 7.91. The third-order valence-electron chi connectivity index (χ3n) is 4.20. The first-order valence-electron chi connectivity index (χ1n) is 7.33. The van der Waals surface area contributed by atoms with Crippen molar-refractivity contribution in [2.24, 2.45) is 5.92 Å². The molecule has 2 aliphatic rings. The maximum absolute atomic E-state index is 11.6. The van der Waals surface area contributed by atoms with Gasteiger partial charge in [0.25, 0.3) is 0 Å². The van der Waals surface area contributed by atoms with E-state index >= 15 is 0 Å². The molecule has 6 nitrogen and oxygen atoms in total. The first-order chi connectivity index (χ1) is 11.0. The van der Waals surface area contributed by atoms with Crippen molar-refractivity contribution in [2.75, 3.05) is 18.3 Å². The van der Waals surface area contributed by atoms with Crippen molar-refractivity contribution < 1.29 is 17.9 Å². The van der Waals surface area contributed by atoms with Crippen LogP contribution in [0.25, 0.3) is 11.4 Å². The summed E-state index contributed by atoms with van der Waals surface area (Å²) in [6.07, 6.45) is 4.23. The van der Waals surface area contributed by atoms with Crippen molar-refractivity contribution >= 4 is 21.4 Å². The zero-order chi connectivity index (χ0) is 16.0. The minimum absolute atomic E-state index is 0.112. The number of hydrogen-bond donors (Lipinski definition) is 0. The number of imidazole rings is 1. The van der Waals surface area contributed by atoms with Crippen LogP contribution in [0.5, 0.6) is 11.5 Å². The molecule has 1 aromatic heterocycles. The van der Waals surface area contributed by atoms with E-state index in [1.165, 1.54) is 0 Å². The number of rotatable bonds is 3. The van der Waals surface area contributed by atoms with Gasteiger partial charge in [0.15, 0.2) is 21.3 Å². The molecule has 0 N–H and O–H groups in total. The Balaban J connectivity index is 1.65. The van der Waals surface area contributed by atoms with Gasteiger partial charge in [-0.2, -0.15) is 0 Å². The molecule has 23 heavy (non-hydrogen) atoms. The van der Waals surface area contributed by atoms with Gasteiger partial charge in [0.05, 0.1) is 16.5 Å². The fourth-order valence-corrected chi connectivity index (χ4v) is 5.17. The van der Waals surface area contributed by atoms with Gasteiger partial charge < -0.3 is 14.0 Å². The van der Waals surface area contributed by atoms with E-state index in [1.54, 1.807) is 12.3 Å². The van der Waals surface area contributed by atoms with Crippen LogP contribution in [0.3, 0.4) is 0 Å². The summed E-state index contributed by atoms with van der Waals surface area (Å²) in [6.45, 7) is 0.794. The molecule has 1 fully saturated rings. The number of sulfone groups is 1. The Morgan fingerprint density at radius 3 is 2.83 bits per heavy atom. The normalized spacial score (nSPS) is 21.7. The highest BCUT2D eigenvalue weighted by Gasteiger charge is 2.29. The van der Waals surface area contributed by atoms with Crippen molar-refractivity contribution in [2.45, 2.75) is 13.0 Å². The van der Waals surface area contributed by atoms with Crippen LogP contribution >= 0.6 is 11.6 Å². The lowest BCUT2D eigenvalue weighted by atomic mass is 10.1. The van der Waals surface area contributed by atoms with E-state index in [2.05, 4.69) is 4.98 Å². The molecule has 0 aliphatic carbocycles. The summed E-state index contributed by atoms with van der Waals surface area (Å²) in [5.41, 5.74) is 0.752. The molecule has 1 aromatic carbocycles. The van der Waals surface area contributed by atoms with Crippen molar-refractivity contribution in [1.29, 1.82) is 0 Å². The van der Waals surface area contributed by atoms with Crippen molar-refractivity contribution in [3.63, 3.8) is 0 Å². The molecule has 4 rings (SSSR count). The van der Waals surface area contributed by atoms with Crippen molar-refractivity contribution in [3.8, 4) is 22.9 Å². The highest BCUT2D eigenvalue weighted by atomic mass is 35.5. The lowest BCUT2D eigenvalue weighted by Crippen LogP contribution is -2.13. The standard InChI is InChI=1S/C15H15ClN2O4S/c16-12-6-14-13(21-9-22-14)5-11(12)15-17-2-3-18(15)7-10-1-4-23(19,20)8-10/h2-3,5-6,10H,1,4,7-9H2. The zero-order valence-corrected chi connectivity index (χ0v) is 13.8. The molecule has 0 bridgehead atoms. The van der Waals surface area contributed by atoms with Crippen LogP contribution in [-0.4, -0.2) is 36.3 Å². The second-order valence-corrected chi connectivity index (χ2v) is 8.49. The number of aromatic nitrogens is 2. The molecule has 1 unspecified atom stereocenters. The van der Waals surface area contributed by atoms with Gasteiger partial charge in [-0.3, -0.25) is 0 Å². The molecular weight excluding hydrogens is 340 g/mol. The van der Waals surface area contributed by atoms with Crippen molar-refractivity contribution in [3.05, 3.63) is 29.5 Å². The Morgan fingerprint density at radius 2 is 2.09 bits per heavy atom. The van der Waals surface area contributed by atoms with Crippen LogP contribution < -0.4 is 9.47 Å². The van der Waals surface area contributed by atoms with Gasteiger partial charge in [0.2, 0.25) is 6.79 Å². The number of ether oxygens (including phenoxy) is 2. The van der Waals surface area contributed by atoms with Crippen LogP contribution in [0, 0.1) is 5.92 Å². The first kappa shape index (κ1) is 14.8. The summed E-state index contributed by atoms with van der Waals surface area (Å²) in [4.78, 5) is 4.38. The Hall–Kier alpha value is -1.73. The average Bonchev–Trinajstić information content (AvgIpc) is 3.18. The smallest absolute Gasteiger partial charge is 0.231 e. The summed E-state index contributed by atoms with van der Waals surface area (Å²) >= 11 is 6.35. The first-order valence-corrected chi connectivity index (χ1v) is 9.53. The Labute approximate surface area is 138 Å². The second kappa shape index (κ2) is 5.42. The molecule has 2 aromatic rings. The van der Waals surface area contributed by atoms with Crippen LogP contribution in [0.1, 0.15) is 6.42 Å². The van der Waals surface area contributed by atoms with E-state index in [1.807, 2.05) is 16.8 Å². The molecule has 2 aliphatic heterocycles. The fraction of sp³-hybridized carbons (Fsp3) is 0.400. The van der Waals surface area contributed by atoms with E-state index < -0.39 is 9.84 Å². The third kappa shape index (κ3) is 2.79. The molecule has 0 radical (unpaired) electrons. The monoisotopic (exact) mass is 354 g/mol. The lowest BCUT2D eigenvalue weighted by molar-refractivity contribution is 0.174. The molecule has 8 heteroatoms. The number of halogens is 1. The summed E-state index contributed by atoms with van der Waals surface area (Å²) in [5, 5.41) is 0.528. The number of nitrogens with zero attached hydrogens (tertiary/aromatic N) is 2. The van der Waals surface area contributed by atoms with E-state index in [4.69, 9.17) is 21.1 Å². The molecule has 1 saturated heterocycles. The van der Waals surface area contributed by atoms with Gasteiger partial charge in [0.1, 0.15) is 5.82 Å². The molecule has 0 amide bonds. The Bertz CT molecular complexity index is 862. The van der Waals surface area contributed by atoms with E-state index in [0.717, 1.165) is 5.56 Å². The summed E-state index contributed by atoms with van der Waals surface area (Å²) in [6, 6.07) is 3.53. The molecular formula is C15H15ClN2O4S. The lowest BCUT2D eigenvalue weighted by Gasteiger charge is -2.13. The third-order valence-corrected chi connectivity index (χ3v) is 6.35. The quantitative estimate of drug-likeness (QED) is 0.846. The molecule has 3 heterocycles. The van der Waals surface area contributed by atoms with Gasteiger partial charge in [-0.05, 0) is 18.4 Å². The summed E-state index contributed by atoms with van der Waals surface area (Å²) in [7, 11) is -2.89. The Kier molecular flexibility index (Phi) is 3.50. The Morgan fingerprint density at radius 1 is 1.30 bits per heavy atom. The minimum Gasteiger partial charge on any atom is -0.454 e. The second-order valence-electron chi connectivity index (χ2n) is 5.86. The SMILES string of the molecule is O=S1(=O)CCC(Cn2ccnc2-c2cc3c(cc2Cl)OCO3)C1. The van der Waals surface area contributed by atoms with Gasteiger partial charge in [-0.25, -0.2) is 13.4 Å². The van der Waals surface area contributed by atoms with E-state index in [0.29, 0.717) is 35.3 Å². The number of benzene rings is 1. The maximum atomic E-state index is 11.6. The summed E-state index contributed by atoms with van der Waals surface area (Å²) < 4.78 is 35.9. The highest BCUT2D eigenvalue weighted by Crippen LogP contribution is 2.40. The maximum Gasteiger partial charge on any atom is 0.231 e. The molecule has 0 spiro atoms. The molecule has 122 valence electrons. The van der Waals surface area contributed by atoms with E-state index in [9.17, 15) is 8.42 Å². The van der Waals surface area contributed by atoms with Crippen LogP contribution in [0.4, 0.5) is 0 Å². The van der Waals surface area contributed by atoms with Gasteiger partial charge >= 0.3 is 0 Å². The van der Waals surface area contributed by atoms with Crippen LogP contribution in [0.15, 0.2) is 24.5 Å². The van der Waals surface area contributed by atoms with Crippen LogP contribution in [0.2, 0.25) is 5.02 Å². The predicted octanol–water partition coefficient (Wildman–Crippen LogP) is 2.37. The zero-order valence-electron chi connectivity index (χ0n) is 12.2. The minimum atomic E-state index is -2.89. The van der Waals surface area contributed by atoms with Gasteiger partial charge in [-0.1, -0.05) is 11.6 Å². The topological polar surface area (TPSA) is 70.4 Å². The fourth-order valence-electron chi connectivity index (χ4n) is 3.08. The van der Waals surface area contributed by atoms with Crippen molar-refractivity contribution in [1.82, 2.24) is 9.55 Å². The molecule has 1 atom stereocenters. The van der Waals surface area contributed by atoms with E-state index in [-0.39, 0.29) is 24.2 Å².